The second-order valence-corrected chi connectivity index (χ2v) is 5.68. The summed E-state index contributed by atoms with van der Waals surface area (Å²) in [6.07, 6.45) is 4.65. The number of carboxylic acid groups (broad SMARTS) is 1. The van der Waals surface area contributed by atoms with Gasteiger partial charge in [-0.3, -0.25) is 4.98 Å². The van der Waals surface area contributed by atoms with Crippen molar-refractivity contribution in [2.75, 3.05) is 5.32 Å². The highest BCUT2D eigenvalue weighted by atomic mass is 16.4. The molecule has 0 saturated heterocycles. The molecule has 1 aromatic heterocycles. The Morgan fingerprint density at radius 2 is 1.95 bits per heavy atom. The van der Waals surface area contributed by atoms with Crippen molar-refractivity contribution in [1.29, 1.82) is 0 Å². The standard InChI is InChI=1S/C15H22N2O2/c1-9-4-6-12(7-5-9)17-13-8-10(2)16-11(3)14(13)15(18)19/h8-9,12H,4-7H2,1-3H3,(H,16,17)(H,18,19). The van der Waals surface area contributed by atoms with Crippen molar-refractivity contribution < 1.29 is 9.90 Å². The number of carbonyl (C=O) groups is 1. The molecule has 0 bridgehead atoms. The van der Waals surface area contributed by atoms with E-state index in [1.54, 1.807) is 6.92 Å². The molecule has 4 nitrogen and oxygen atoms in total. The molecule has 4 heteroatoms. The molecule has 1 aliphatic carbocycles. The summed E-state index contributed by atoms with van der Waals surface area (Å²) in [6.45, 7) is 5.93. The number of pyridine rings is 1. The largest absolute Gasteiger partial charge is 0.478 e. The normalized spacial score (nSPS) is 23.1. The average molecular weight is 262 g/mol. The molecule has 1 aliphatic rings. The van der Waals surface area contributed by atoms with E-state index in [2.05, 4.69) is 17.2 Å². The molecule has 0 radical (unpaired) electrons. The lowest BCUT2D eigenvalue weighted by molar-refractivity contribution is 0.0696. The van der Waals surface area contributed by atoms with Crippen LogP contribution in [0.25, 0.3) is 0 Å². The Labute approximate surface area is 114 Å². The van der Waals surface area contributed by atoms with E-state index in [4.69, 9.17) is 0 Å². The first-order valence-electron chi connectivity index (χ1n) is 6.95. The fourth-order valence-corrected chi connectivity index (χ4v) is 2.84. The van der Waals surface area contributed by atoms with Gasteiger partial charge in [0, 0.05) is 11.7 Å². The highest BCUT2D eigenvalue weighted by molar-refractivity contribution is 5.95. The van der Waals surface area contributed by atoms with Crippen LogP contribution in [0.3, 0.4) is 0 Å². The molecule has 19 heavy (non-hydrogen) atoms. The lowest BCUT2D eigenvalue weighted by Gasteiger charge is -2.28. The van der Waals surface area contributed by atoms with E-state index in [-0.39, 0.29) is 0 Å². The van der Waals surface area contributed by atoms with Gasteiger partial charge in [0.15, 0.2) is 0 Å². The zero-order valence-corrected chi connectivity index (χ0v) is 11.9. The van der Waals surface area contributed by atoms with Crippen LogP contribution in [-0.2, 0) is 0 Å². The van der Waals surface area contributed by atoms with Crippen molar-refractivity contribution in [3.8, 4) is 0 Å². The first-order valence-corrected chi connectivity index (χ1v) is 6.95. The second kappa shape index (κ2) is 5.59. The van der Waals surface area contributed by atoms with Crippen LogP contribution >= 0.6 is 0 Å². The van der Waals surface area contributed by atoms with E-state index < -0.39 is 5.97 Å². The van der Waals surface area contributed by atoms with Crippen LogP contribution in [0, 0.1) is 19.8 Å². The van der Waals surface area contributed by atoms with E-state index in [1.165, 1.54) is 12.8 Å². The van der Waals surface area contributed by atoms with Gasteiger partial charge in [0.05, 0.1) is 11.4 Å². The Morgan fingerprint density at radius 1 is 1.32 bits per heavy atom. The van der Waals surface area contributed by atoms with Crippen LogP contribution in [0.1, 0.15) is 54.4 Å². The summed E-state index contributed by atoms with van der Waals surface area (Å²) in [5.41, 5.74) is 2.47. The summed E-state index contributed by atoms with van der Waals surface area (Å²) in [5, 5.41) is 12.7. The Morgan fingerprint density at radius 3 is 2.53 bits per heavy atom. The van der Waals surface area contributed by atoms with Crippen LogP contribution in [0.5, 0.6) is 0 Å². The minimum atomic E-state index is -0.906. The summed E-state index contributed by atoms with van der Waals surface area (Å²) in [5.74, 6) is -0.116. The molecule has 1 saturated carbocycles. The van der Waals surface area contributed by atoms with Crippen LogP contribution in [0.4, 0.5) is 5.69 Å². The van der Waals surface area contributed by atoms with Crippen LogP contribution in [0.15, 0.2) is 6.07 Å². The number of carboxylic acids is 1. The molecule has 1 aromatic rings. The van der Waals surface area contributed by atoms with Gasteiger partial charge in [-0.15, -0.1) is 0 Å². The van der Waals surface area contributed by atoms with E-state index in [0.717, 1.165) is 30.1 Å². The molecule has 104 valence electrons. The highest BCUT2D eigenvalue weighted by Crippen LogP contribution is 2.28. The van der Waals surface area contributed by atoms with E-state index in [0.29, 0.717) is 17.3 Å². The average Bonchev–Trinajstić information content (AvgIpc) is 2.30. The summed E-state index contributed by atoms with van der Waals surface area (Å²) in [4.78, 5) is 15.6. The number of nitrogens with one attached hydrogen (secondary N) is 1. The number of hydrogen-bond donors (Lipinski definition) is 2. The fourth-order valence-electron chi connectivity index (χ4n) is 2.84. The molecule has 2 rings (SSSR count). The minimum absolute atomic E-state index is 0.309. The molecule has 0 unspecified atom stereocenters. The van der Waals surface area contributed by atoms with Crippen molar-refractivity contribution >= 4 is 11.7 Å². The number of aromatic nitrogens is 1. The number of hydrogen-bond acceptors (Lipinski definition) is 3. The second-order valence-electron chi connectivity index (χ2n) is 5.68. The van der Waals surface area contributed by atoms with E-state index >= 15 is 0 Å². The smallest absolute Gasteiger partial charge is 0.339 e. The van der Waals surface area contributed by atoms with Gasteiger partial charge >= 0.3 is 5.97 Å². The molecule has 0 aliphatic heterocycles. The Hall–Kier alpha value is -1.58. The third kappa shape index (κ3) is 3.25. The van der Waals surface area contributed by atoms with Crippen LogP contribution in [0.2, 0.25) is 0 Å². The van der Waals surface area contributed by atoms with Gasteiger partial charge in [0.25, 0.3) is 0 Å². The van der Waals surface area contributed by atoms with Crippen molar-refractivity contribution in [2.24, 2.45) is 5.92 Å². The van der Waals surface area contributed by atoms with Gasteiger partial charge in [-0.05, 0) is 51.5 Å². The van der Waals surface area contributed by atoms with Gasteiger partial charge in [0.2, 0.25) is 0 Å². The summed E-state index contributed by atoms with van der Waals surface area (Å²) in [7, 11) is 0. The molecule has 1 heterocycles. The quantitative estimate of drug-likeness (QED) is 0.876. The molecular weight excluding hydrogens is 240 g/mol. The Balaban J connectivity index is 2.21. The Bertz CT molecular complexity index is 477. The van der Waals surface area contributed by atoms with E-state index in [1.807, 2.05) is 13.0 Å². The van der Waals surface area contributed by atoms with Crippen LogP contribution in [-0.4, -0.2) is 22.1 Å². The fraction of sp³-hybridized carbons (Fsp3) is 0.600. The highest BCUT2D eigenvalue weighted by Gasteiger charge is 2.21. The summed E-state index contributed by atoms with van der Waals surface area (Å²) in [6, 6.07) is 2.23. The van der Waals surface area contributed by atoms with Gasteiger partial charge in [-0.25, -0.2) is 4.79 Å². The van der Waals surface area contributed by atoms with Gasteiger partial charge in [-0.1, -0.05) is 6.92 Å². The lowest BCUT2D eigenvalue weighted by Crippen LogP contribution is -2.26. The topological polar surface area (TPSA) is 62.2 Å². The predicted octanol–water partition coefficient (Wildman–Crippen LogP) is 3.39. The summed E-state index contributed by atoms with van der Waals surface area (Å²) < 4.78 is 0. The lowest BCUT2D eigenvalue weighted by atomic mass is 9.87. The van der Waals surface area contributed by atoms with E-state index in [9.17, 15) is 9.90 Å². The predicted molar refractivity (Wildman–Crippen MR) is 75.7 cm³/mol. The molecule has 2 N–H and O–H groups in total. The first-order chi connectivity index (χ1) is 8.97. The van der Waals surface area contributed by atoms with Gasteiger partial charge in [-0.2, -0.15) is 0 Å². The number of nitrogens with zero attached hydrogens (tertiary/aromatic N) is 1. The maximum atomic E-state index is 11.4. The maximum Gasteiger partial charge on any atom is 0.339 e. The third-order valence-corrected chi connectivity index (χ3v) is 3.92. The third-order valence-electron chi connectivity index (χ3n) is 3.92. The monoisotopic (exact) mass is 262 g/mol. The van der Waals surface area contributed by atoms with Crippen molar-refractivity contribution in [3.63, 3.8) is 0 Å². The molecule has 1 fully saturated rings. The minimum Gasteiger partial charge on any atom is -0.478 e. The van der Waals surface area contributed by atoms with Crippen molar-refractivity contribution in [2.45, 2.75) is 52.5 Å². The molecular formula is C15H22N2O2. The zero-order chi connectivity index (χ0) is 14.0. The summed E-state index contributed by atoms with van der Waals surface area (Å²) >= 11 is 0. The number of aryl methyl sites for hydroxylation is 2. The maximum absolute atomic E-state index is 11.4. The molecule has 0 atom stereocenters. The molecule has 0 amide bonds. The first kappa shape index (κ1) is 13.8. The van der Waals surface area contributed by atoms with Gasteiger partial charge < -0.3 is 10.4 Å². The number of anilines is 1. The SMILES string of the molecule is Cc1cc(NC2CCC(C)CC2)c(C(=O)O)c(C)n1. The Kier molecular flexibility index (Phi) is 4.08. The van der Waals surface area contributed by atoms with Crippen LogP contribution < -0.4 is 5.32 Å². The van der Waals surface area contributed by atoms with Gasteiger partial charge in [0.1, 0.15) is 5.56 Å². The number of aromatic carboxylic acids is 1. The molecule has 0 aromatic carbocycles. The zero-order valence-electron chi connectivity index (χ0n) is 11.9. The molecule has 0 spiro atoms. The van der Waals surface area contributed by atoms with Crippen molar-refractivity contribution in [1.82, 2.24) is 4.98 Å². The van der Waals surface area contributed by atoms with Crippen molar-refractivity contribution in [3.05, 3.63) is 23.0 Å². The number of rotatable bonds is 3.